The number of ketones is 1. The second kappa shape index (κ2) is 5.20. The van der Waals surface area contributed by atoms with Gasteiger partial charge >= 0.3 is 5.97 Å². The van der Waals surface area contributed by atoms with Crippen LogP contribution in [0, 0.1) is 23.2 Å². The van der Waals surface area contributed by atoms with Crippen molar-refractivity contribution in [1.29, 1.82) is 0 Å². The van der Waals surface area contributed by atoms with E-state index in [0.29, 0.717) is 32.1 Å². The minimum absolute atomic E-state index is 0.115. The molecule has 1 saturated heterocycles. The van der Waals surface area contributed by atoms with Gasteiger partial charge in [0.1, 0.15) is 11.9 Å². The average Bonchev–Trinajstić information content (AvgIpc) is 3.04. The molecule has 5 heteroatoms. The highest BCUT2D eigenvalue weighted by atomic mass is 16.5. The van der Waals surface area contributed by atoms with Crippen LogP contribution in [0.15, 0.2) is 23.0 Å². The molecule has 2 saturated carbocycles. The molecule has 6 atom stereocenters. The number of cyclic esters (lactones) is 1. The summed E-state index contributed by atoms with van der Waals surface area (Å²) in [6, 6.07) is 1.81. The predicted octanol–water partition coefficient (Wildman–Crippen LogP) is 2.64. The molecule has 2 aliphatic carbocycles. The topological polar surface area (TPSA) is 76.7 Å². The number of carbonyl (C=O) groups excluding carboxylic acids is 2. The van der Waals surface area contributed by atoms with Crippen molar-refractivity contribution in [2.24, 2.45) is 23.2 Å². The SMILES string of the molecule is CC12CC(c3ccoc3)OC(=O)C1CCC1C(=O)CCC(O)C12. The summed E-state index contributed by atoms with van der Waals surface area (Å²) in [6.07, 6.45) is 5.26. The van der Waals surface area contributed by atoms with Gasteiger partial charge < -0.3 is 14.3 Å². The van der Waals surface area contributed by atoms with E-state index in [-0.39, 0.29) is 35.6 Å². The second-order valence-corrected chi connectivity index (χ2v) is 7.53. The minimum atomic E-state index is -0.513. The maximum absolute atomic E-state index is 12.6. The summed E-state index contributed by atoms with van der Waals surface area (Å²) >= 11 is 0. The van der Waals surface area contributed by atoms with E-state index in [2.05, 4.69) is 6.92 Å². The van der Waals surface area contributed by atoms with Crippen molar-refractivity contribution in [2.75, 3.05) is 0 Å². The Morgan fingerprint density at radius 1 is 1.26 bits per heavy atom. The number of fused-ring (bicyclic) bond motifs is 3. The predicted molar refractivity (Wildman–Crippen MR) is 80.2 cm³/mol. The molecule has 0 radical (unpaired) electrons. The Balaban J connectivity index is 1.71. The van der Waals surface area contributed by atoms with E-state index < -0.39 is 11.5 Å². The highest BCUT2D eigenvalue weighted by Crippen LogP contribution is 2.59. The van der Waals surface area contributed by atoms with Crippen molar-refractivity contribution in [3.05, 3.63) is 24.2 Å². The Morgan fingerprint density at radius 3 is 2.83 bits per heavy atom. The lowest BCUT2D eigenvalue weighted by atomic mass is 9.50. The van der Waals surface area contributed by atoms with Gasteiger partial charge in [0, 0.05) is 23.8 Å². The van der Waals surface area contributed by atoms with Crippen molar-refractivity contribution in [1.82, 2.24) is 0 Å². The van der Waals surface area contributed by atoms with Crippen LogP contribution in [-0.2, 0) is 14.3 Å². The number of hydrogen-bond acceptors (Lipinski definition) is 5. The Kier molecular flexibility index (Phi) is 3.38. The van der Waals surface area contributed by atoms with Crippen LogP contribution in [0.2, 0.25) is 0 Å². The van der Waals surface area contributed by atoms with E-state index in [1.165, 1.54) is 0 Å². The summed E-state index contributed by atoms with van der Waals surface area (Å²) in [7, 11) is 0. The summed E-state index contributed by atoms with van der Waals surface area (Å²) < 4.78 is 10.8. The molecule has 0 aromatic carbocycles. The molecule has 6 unspecified atom stereocenters. The molecule has 0 amide bonds. The third-order valence-corrected chi connectivity index (χ3v) is 6.36. The summed E-state index contributed by atoms with van der Waals surface area (Å²) in [6.45, 7) is 2.06. The van der Waals surface area contributed by atoms with Crippen LogP contribution in [0.4, 0.5) is 0 Å². The molecular weight excluding hydrogens is 296 g/mol. The smallest absolute Gasteiger partial charge is 0.310 e. The largest absolute Gasteiger partial charge is 0.472 e. The summed E-state index contributed by atoms with van der Waals surface area (Å²) in [5.41, 5.74) is 0.437. The first kappa shape index (κ1) is 14.9. The van der Waals surface area contributed by atoms with E-state index in [9.17, 15) is 14.7 Å². The van der Waals surface area contributed by atoms with Gasteiger partial charge in [-0.25, -0.2) is 0 Å². The van der Waals surface area contributed by atoms with Gasteiger partial charge in [-0.2, -0.15) is 0 Å². The molecule has 0 spiro atoms. The molecule has 23 heavy (non-hydrogen) atoms. The van der Waals surface area contributed by atoms with Crippen LogP contribution < -0.4 is 0 Å². The highest BCUT2D eigenvalue weighted by Gasteiger charge is 2.59. The third-order valence-electron chi connectivity index (χ3n) is 6.36. The van der Waals surface area contributed by atoms with Crippen LogP contribution >= 0.6 is 0 Å². The number of furan rings is 1. The van der Waals surface area contributed by atoms with Crippen LogP contribution in [0.1, 0.15) is 50.7 Å². The van der Waals surface area contributed by atoms with Crippen molar-refractivity contribution in [3.63, 3.8) is 0 Å². The molecule has 4 rings (SSSR count). The van der Waals surface area contributed by atoms with E-state index in [0.717, 1.165) is 5.56 Å². The molecule has 3 fully saturated rings. The van der Waals surface area contributed by atoms with Crippen molar-refractivity contribution in [2.45, 2.75) is 51.2 Å². The Morgan fingerprint density at radius 2 is 2.09 bits per heavy atom. The van der Waals surface area contributed by atoms with Crippen LogP contribution in [-0.4, -0.2) is 23.0 Å². The number of hydrogen-bond donors (Lipinski definition) is 1. The molecular formula is C18H22O5. The van der Waals surface area contributed by atoms with Crippen molar-refractivity contribution >= 4 is 11.8 Å². The van der Waals surface area contributed by atoms with Crippen LogP contribution in [0.3, 0.4) is 0 Å². The quantitative estimate of drug-likeness (QED) is 0.806. The second-order valence-electron chi connectivity index (χ2n) is 7.53. The first-order valence-corrected chi connectivity index (χ1v) is 8.44. The monoisotopic (exact) mass is 318 g/mol. The van der Waals surface area contributed by atoms with Gasteiger partial charge in [-0.3, -0.25) is 9.59 Å². The maximum atomic E-state index is 12.6. The lowest BCUT2D eigenvalue weighted by molar-refractivity contribution is -0.197. The number of carbonyl (C=O) groups is 2. The number of aliphatic hydroxyl groups excluding tert-OH is 1. The lowest BCUT2D eigenvalue weighted by Gasteiger charge is -2.56. The highest BCUT2D eigenvalue weighted by molar-refractivity contribution is 5.83. The maximum Gasteiger partial charge on any atom is 0.310 e. The van der Waals surface area contributed by atoms with Crippen molar-refractivity contribution < 1.29 is 23.8 Å². The molecule has 5 nitrogen and oxygen atoms in total. The lowest BCUT2D eigenvalue weighted by Crippen LogP contribution is -2.57. The van der Waals surface area contributed by atoms with Gasteiger partial charge in [0.05, 0.1) is 24.5 Å². The van der Waals surface area contributed by atoms with Gasteiger partial charge in [-0.15, -0.1) is 0 Å². The number of esters is 1. The molecule has 1 aromatic heterocycles. The minimum Gasteiger partial charge on any atom is -0.472 e. The zero-order valence-electron chi connectivity index (χ0n) is 13.2. The van der Waals surface area contributed by atoms with Crippen LogP contribution in [0.25, 0.3) is 0 Å². The zero-order valence-corrected chi connectivity index (χ0v) is 13.2. The molecule has 0 bridgehead atoms. The zero-order chi connectivity index (χ0) is 16.2. The summed E-state index contributed by atoms with van der Waals surface area (Å²) in [5, 5.41) is 10.6. The van der Waals surface area contributed by atoms with E-state index in [1.807, 2.05) is 6.07 Å². The van der Waals surface area contributed by atoms with Crippen molar-refractivity contribution in [3.8, 4) is 0 Å². The summed E-state index contributed by atoms with van der Waals surface area (Å²) in [4.78, 5) is 24.9. The fourth-order valence-corrected chi connectivity index (χ4v) is 5.24. The number of Topliss-reactive ketones (excluding diaryl/α,β-unsaturated/α-hetero) is 1. The number of aliphatic hydroxyl groups is 1. The van der Waals surface area contributed by atoms with Gasteiger partial charge in [0.25, 0.3) is 0 Å². The third kappa shape index (κ3) is 2.17. The first-order valence-electron chi connectivity index (χ1n) is 8.44. The fourth-order valence-electron chi connectivity index (χ4n) is 5.24. The Labute approximate surface area is 135 Å². The van der Waals surface area contributed by atoms with E-state index in [1.54, 1.807) is 12.5 Å². The molecule has 3 aliphatic rings. The molecule has 124 valence electrons. The Hall–Kier alpha value is -1.62. The average molecular weight is 318 g/mol. The first-order chi connectivity index (χ1) is 11.0. The number of ether oxygens (including phenoxy) is 1. The van der Waals surface area contributed by atoms with Gasteiger partial charge in [0.15, 0.2) is 0 Å². The van der Waals surface area contributed by atoms with Gasteiger partial charge in [0.2, 0.25) is 0 Å². The van der Waals surface area contributed by atoms with Gasteiger partial charge in [-0.1, -0.05) is 6.92 Å². The van der Waals surface area contributed by atoms with Gasteiger partial charge in [-0.05, 0) is 37.2 Å². The molecule has 1 aliphatic heterocycles. The van der Waals surface area contributed by atoms with E-state index >= 15 is 0 Å². The fraction of sp³-hybridized carbons (Fsp3) is 0.667. The molecule has 2 heterocycles. The Bertz CT molecular complexity index is 621. The standard InChI is InChI=1S/C18H22O5/c1-18-8-15(10-6-7-22-9-10)23-17(21)12(18)3-2-11-13(19)4-5-14(20)16(11)18/h6-7,9,11-12,14-16,20H,2-5,8H2,1H3. The van der Waals surface area contributed by atoms with Crippen LogP contribution in [0.5, 0.6) is 0 Å². The van der Waals surface area contributed by atoms with E-state index in [4.69, 9.17) is 9.15 Å². The normalized spacial score (nSPS) is 43.5. The summed E-state index contributed by atoms with van der Waals surface area (Å²) in [5.74, 6) is -0.444. The molecule has 1 aromatic rings. The number of rotatable bonds is 1. The molecule has 1 N–H and O–H groups in total.